The number of hydrogen-bond donors (Lipinski definition) is 1. The van der Waals surface area contributed by atoms with Gasteiger partial charge in [-0.1, -0.05) is 12.1 Å². The molecule has 0 spiro atoms. The third-order valence-corrected chi connectivity index (χ3v) is 5.19. The molecule has 0 saturated heterocycles. The van der Waals surface area contributed by atoms with Gasteiger partial charge in [-0.3, -0.25) is 9.78 Å². The van der Waals surface area contributed by atoms with Gasteiger partial charge in [0.2, 0.25) is 5.91 Å². The van der Waals surface area contributed by atoms with Gasteiger partial charge in [0.1, 0.15) is 12.4 Å². The van der Waals surface area contributed by atoms with Crippen LogP contribution in [0.3, 0.4) is 0 Å². The maximum absolute atomic E-state index is 14.1. The van der Waals surface area contributed by atoms with Crippen molar-refractivity contribution in [2.45, 2.75) is 6.54 Å². The van der Waals surface area contributed by atoms with Crippen LogP contribution < -0.4 is 9.62 Å². The first kappa shape index (κ1) is 18.8. The number of rotatable bonds is 7. The van der Waals surface area contributed by atoms with Crippen LogP contribution in [0.2, 0.25) is 0 Å². The molecule has 0 unspecified atom stereocenters. The van der Waals surface area contributed by atoms with Gasteiger partial charge in [-0.05, 0) is 29.8 Å². The Hall–Kier alpha value is -2.52. The molecule has 2 aromatic rings. The number of para-hydroxylation sites is 1. The molecule has 1 amide bonds. The smallest absolute Gasteiger partial charge is 0.304 e. The van der Waals surface area contributed by atoms with Crippen LogP contribution in [0.25, 0.3) is 0 Å². The zero-order valence-electron chi connectivity index (χ0n) is 13.9. The van der Waals surface area contributed by atoms with Crippen LogP contribution in [0, 0.1) is 5.82 Å². The Morgan fingerprint density at radius 1 is 1.16 bits per heavy atom. The van der Waals surface area contributed by atoms with Crippen molar-refractivity contribution in [1.82, 2.24) is 14.6 Å². The van der Waals surface area contributed by atoms with Crippen LogP contribution in [0.15, 0.2) is 48.8 Å². The summed E-state index contributed by atoms with van der Waals surface area (Å²) in [4.78, 5) is 16.1. The number of carbonyl (C=O) groups is 1. The van der Waals surface area contributed by atoms with E-state index >= 15 is 0 Å². The Morgan fingerprint density at radius 2 is 1.80 bits per heavy atom. The van der Waals surface area contributed by atoms with Gasteiger partial charge in [0, 0.05) is 33.0 Å². The van der Waals surface area contributed by atoms with Crippen LogP contribution in [0.4, 0.5) is 10.1 Å². The molecule has 25 heavy (non-hydrogen) atoms. The molecule has 1 aromatic carbocycles. The summed E-state index contributed by atoms with van der Waals surface area (Å²) in [5.41, 5.74) is 0.631. The van der Waals surface area contributed by atoms with E-state index in [1.807, 2.05) is 0 Å². The maximum atomic E-state index is 14.1. The van der Waals surface area contributed by atoms with E-state index in [1.54, 1.807) is 24.5 Å². The predicted molar refractivity (Wildman–Crippen MR) is 92.4 cm³/mol. The van der Waals surface area contributed by atoms with E-state index in [9.17, 15) is 17.6 Å². The van der Waals surface area contributed by atoms with Crippen molar-refractivity contribution in [3.8, 4) is 0 Å². The molecular weight excluding hydrogens is 347 g/mol. The summed E-state index contributed by atoms with van der Waals surface area (Å²) < 4.78 is 40.7. The molecule has 0 fully saturated rings. The van der Waals surface area contributed by atoms with Crippen molar-refractivity contribution in [3.05, 3.63) is 60.2 Å². The molecule has 0 aliphatic carbocycles. The van der Waals surface area contributed by atoms with Crippen LogP contribution in [-0.4, -0.2) is 44.3 Å². The molecule has 0 radical (unpaired) electrons. The Morgan fingerprint density at radius 3 is 2.40 bits per heavy atom. The summed E-state index contributed by atoms with van der Waals surface area (Å²) in [5, 5.41) is 2.62. The van der Waals surface area contributed by atoms with Gasteiger partial charge in [-0.25, -0.2) is 8.70 Å². The lowest BCUT2D eigenvalue weighted by Crippen LogP contribution is -2.46. The summed E-state index contributed by atoms with van der Waals surface area (Å²) in [5.74, 6) is -1.28. The quantitative estimate of drug-likeness (QED) is 0.797. The van der Waals surface area contributed by atoms with Crippen molar-refractivity contribution in [1.29, 1.82) is 0 Å². The van der Waals surface area contributed by atoms with E-state index in [4.69, 9.17) is 0 Å². The fourth-order valence-electron chi connectivity index (χ4n) is 2.03. The first-order valence-corrected chi connectivity index (χ1v) is 8.82. The molecule has 0 bridgehead atoms. The van der Waals surface area contributed by atoms with Gasteiger partial charge in [-0.15, -0.1) is 0 Å². The largest absolute Gasteiger partial charge is 0.350 e. The van der Waals surface area contributed by atoms with Crippen molar-refractivity contribution >= 4 is 21.8 Å². The lowest BCUT2D eigenvalue weighted by molar-refractivity contribution is -0.119. The molecular formula is C16H19FN4O3S. The SMILES string of the molecule is CN(C)S(=O)(=O)N(CC(=O)NCc1ccncc1)c1ccccc1F. The van der Waals surface area contributed by atoms with Gasteiger partial charge in [0.05, 0.1) is 5.69 Å². The van der Waals surface area contributed by atoms with E-state index < -0.39 is 28.5 Å². The molecule has 1 N–H and O–H groups in total. The number of anilines is 1. The average molecular weight is 366 g/mol. The lowest BCUT2D eigenvalue weighted by Gasteiger charge is -2.27. The fraction of sp³-hybridized carbons (Fsp3) is 0.250. The highest BCUT2D eigenvalue weighted by Crippen LogP contribution is 2.22. The van der Waals surface area contributed by atoms with Gasteiger partial charge < -0.3 is 5.32 Å². The summed E-state index contributed by atoms with van der Waals surface area (Å²) in [6.45, 7) is -0.318. The van der Waals surface area contributed by atoms with Gasteiger partial charge in [0.25, 0.3) is 0 Å². The van der Waals surface area contributed by atoms with Gasteiger partial charge in [-0.2, -0.15) is 12.7 Å². The maximum Gasteiger partial charge on any atom is 0.304 e. The van der Waals surface area contributed by atoms with E-state index in [-0.39, 0.29) is 12.2 Å². The topological polar surface area (TPSA) is 82.6 Å². The highest BCUT2D eigenvalue weighted by Gasteiger charge is 2.29. The number of halogens is 1. The minimum Gasteiger partial charge on any atom is -0.350 e. The average Bonchev–Trinajstić information content (AvgIpc) is 2.59. The third kappa shape index (κ3) is 4.74. The molecule has 0 aliphatic rings. The highest BCUT2D eigenvalue weighted by molar-refractivity contribution is 7.90. The Bertz CT molecular complexity index is 828. The van der Waals surface area contributed by atoms with Gasteiger partial charge >= 0.3 is 10.2 Å². The summed E-state index contributed by atoms with van der Waals surface area (Å²) in [6.07, 6.45) is 3.17. The molecule has 1 aromatic heterocycles. The fourth-order valence-corrected chi connectivity index (χ4v) is 3.10. The third-order valence-electron chi connectivity index (χ3n) is 3.39. The monoisotopic (exact) mass is 366 g/mol. The second-order valence-electron chi connectivity index (χ2n) is 5.38. The minimum absolute atomic E-state index is 0.185. The molecule has 0 saturated carbocycles. The Labute approximate surface area is 146 Å². The number of benzene rings is 1. The zero-order valence-corrected chi connectivity index (χ0v) is 14.7. The zero-order chi connectivity index (χ0) is 18.4. The number of hydrogen-bond acceptors (Lipinski definition) is 4. The van der Waals surface area contributed by atoms with Crippen molar-refractivity contribution in [3.63, 3.8) is 0 Å². The van der Waals surface area contributed by atoms with E-state index in [0.717, 1.165) is 20.2 Å². The van der Waals surface area contributed by atoms with Crippen LogP contribution >= 0.6 is 0 Å². The normalized spacial score (nSPS) is 11.4. The lowest BCUT2D eigenvalue weighted by atomic mass is 10.2. The molecule has 134 valence electrons. The predicted octanol–water partition coefficient (Wildman–Crippen LogP) is 1.15. The number of nitrogens with zero attached hydrogens (tertiary/aromatic N) is 3. The van der Waals surface area contributed by atoms with Crippen LogP contribution in [-0.2, 0) is 21.5 Å². The summed E-state index contributed by atoms with van der Waals surface area (Å²) >= 11 is 0. The molecule has 1 heterocycles. The number of carbonyl (C=O) groups excluding carboxylic acids is 1. The Balaban J connectivity index is 2.19. The summed E-state index contributed by atoms with van der Waals surface area (Å²) in [6, 6.07) is 8.86. The first-order chi connectivity index (χ1) is 11.8. The van der Waals surface area contributed by atoms with Crippen molar-refractivity contribution < 1.29 is 17.6 Å². The number of nitrogens with one attached hydrogen (secondary N) is 1. The second kappa shape index (κ2) is 8.04. The molecule has 9 heteroatoms. The van der Waals surface area contributed by atoms with Crippen LogP contribution in [0.1, 0.15) is 5.56 Å². The van der Waals surface area contributed by atoms with Crippen molar-refractivity contribution in [2.24, 2.45) is 0 Å². The van der Waals surface area contributed by atoms with Gasteiger partial charge in [0.15, 0.2) is 0 Å². The van der Waals surface area contributed by atoms with E-state index in [1.165, 1.54) is 32.3 Å². The second-order valence-corrected chi connectivity index (χ2v) is 7.45. The standard InChI is InChI=1S/C16H19FN4O3S/c1-20(2)25(23,24)21(15-6-4-3-5-14(15)17)12-16(22)19-11-13-7-9-18-10-8-13/h3-10H,11-12H2,1-2H3,(H,19,22). The molecule has 0 atom stereocenters. The minimum atomic E-state index is -4.04. The van der Waals surface area contributed by atoms with E-state index in [0.29, 0.717) is 0 Å². The first-order valence-electron chi connectivity index (χ1n) is 7.42. The number of amides is 1. The van der Waals surface area contributed by atoms with E-state index in [2.05, 4.69) is 10.3 Å². The number of pyridine rings is 1. The molecule has 7 nitrogen and oxygen atoms in total. The Kier molecular flexibility index (Phi) is 6.05. The van der Waals surface area contributed by atoms with Crippen LogP contribution in [0.5, 0.6) is 0 Å². The summed E-state index contributed by atoms with van der Waals surface area (Å²) in [7, 11) is -1.40. The molecule has 2 rings (SSSR count). The number of aromatic nitrogens is 1. The highest BCUT2D eigenvalue weighted by atomic mass is 32.2. The molecule has 0 aliphatic heterocycles. The van der Waals surface area contributed by atoms with Crippen molar-refractivity contribution in [2.75, 3.05) is 24.9 Å².